The number of carbonyl (C=O) groups excluding carboxylic acids is 1. The molecule has 0 saturated carbocycles. The van der Waals surface area contributed by atoms with Crippen molar-refractivity contribution in [3.05, 3.63) is 64.2 Å². The molecule has 0 atom stereocenters. The second-order valence-corrected chi connectivity index (χ2v) is 7.14. The summed E-state index contributed by atoms with van der Waals surface area (Å²) < 4.78 is 5.76. The zero-order chi connectivity index (χ0) is 18.5. The average Bonchev–Trinajstić information content (AvgIpc) is 2.65. The normalized spacial score (nSPS) is 15.1. The quantitative estimate of drug-likeness (QED) is 0.800. The van der Waals surface area contributed by atoms with E-state index >= 15 is 0 Å². The highest BCUT2D eigenvalue weighted by Crippen LogP contribution is 2.23. The minimum absolute atomic E-state index is 0.137. The summed E-state index contributed by atoms with van der Waals surface area (Å²) in [5.41, 5.74) is 2.98. The van der Waals surface area contributed by atoms with Crippen LogP contribution in [0.25, 0.3) is 0 Å². The maximum absolute atomic E-state index is 12.8. The van der Waals surface area contributed by atoms with Crippen LogP contribution in [-0.4, -0.2) is 55.0 Å². The molecule has 0 radical (unpaired) electrons. The molecular formula is C21H25ClN2O2. The molecule has 1 fully saturated rings. The fourth-order valence-corrected chi connectivity index (χ4v) is 3.35. The van der Waals surface area contributed by atoms with E-state index in [1.807, 2.05) is 61.2 Å². The highest BCUT2D eigenvalue weighted by atomic mass is 35.5. The van der Waals surface area contributed by atoms with Gasteiger partial charge in [0.15, 0.2) is 0 Å². The topological polar surface area (TPSA) is 32.8 Å². The summed E-state index contributed by atoms with van der Waals surface area (Å²) in [6.45, 7) is 8.66. The number of halogens is 1. The first-order valence-corrected chi connectivity index (χ1v) is 9.38. The van der Waals surface area contributed by atoms with E-state index in [0.717, 1.165) is 55.2 Å². The molecule has 0 bridgehead atoms. The predicted molar refractivity (Wildman–Crippen MR) is 105 cm³/mol. The highest BCUT2D eigenvalue weighted by molar-refractivity contribution is 6.32. The number of hydrogen-bond acceptors (Lipinski definition) is 3. The minimum atomic E-state index is 0.137. The number of carbonyl (C=O) groups is 1. The van der Waals surface area contributed by atoms with Gasteiger partial charge in [0.25, 0.3) is 5.91 Å². The molecule has 0 aliphatic carbocycles. The Hall–Kier alpha value is -2.04. The lowest BCUT2D eigenvalue weighted by Crippen LogP contribution is -2.49. The maximum atomic E-state index is 12.8. The second kappa shape index (κ2) is 8.56. The summed E-state index contributed by atoms with van der Waals surface area (Å²) in [5.74, 6) is 0.857. The Morgan fingerprint density at radius 1 is 1.08 bits per heavy atom. The molecule has 2 aromatic carbocycles. The number of nitrogens with zero attached hydrogens (tertiary/aromatic N) is 2. The van der Waals surface area contributed by atoms with Crippen LogP contribution in [0.4, 0.5) is 0 Å². The third kappa shape index (κ3) is 4.57. The van der Waals surface area contributed by atoms with Crippen LogP contribution in [0.5, 0.6) is 5.75 Å². The Morgan fingerprint density at radius 2 is 1.81 bits per heavy atom. The molecule has 5 heteroatoms. The minimum Gasteiger partial charge on any atom is -0.491 e. The number of para-hydroxylation sites is 1. The van der Waals surface area contributed by atoms with E-state index in [1.165, 1.54) is 0 Å². The van der Waals surface area contributed by atoms with Crippen molar-refractivity contribution < 1.29 is 9.53 Å². The van der Waals surface area contributed by atoms with Crippen molar-refractivity contribution in [1.82, 2.24) is 9.80 Å². The standard InChI is InChI=1S/C21H25ClN2O2/c1-16-7-8-17(2)18(15-16)21(25)24-11-9-23(10-12-24)13-14-26-20-6-4-3-5-19(20)22/h3-8,15H,9-14H2,1-2H3. The third-order valence-corrected chi connectivity index (χ3v) is 5.10. The van der Waals surface area contributed by atoms with Gasteiger partial charge in [0, 0.05) is 38.3 Å². The van der Waals surface area contributed by atoms with Crippen LogP contribution in [0.1, 0.15) is 21.5 Å². The van der Waals surface area contributed by atoms with Gasteiger partial charge in [-0.1, -0.05) is 41.4 Å². The predicted octanol–water partition coefficient (Wildman–Crippen LogP) is 3.79. The molecule has 4 nitrogen and oxygen atoms in total. The van der Waals surface area contributed by atoms with Gasteiger partial charge in [0.1, 0.15) is 12.4 Å². The summed E-state index contributed by atoms with van der Waals surface area (Å²) >= 11 is 6.10. The van der Waals surface area contributed by atoms with Gasteiger partial charge in [-0.15, -0.1) is 0 Å². The van der Waals surface area contributed by atoms with Crippen molar-refractivity contribution in [3.63, 3.8) is 0 Å². The molecular weight excluding hydrogens is 348 g/mol. The van der Waals surface area contributed by atoms with Gasteiger partial charge in [-0.3, -0.25) is 9.69 Å². The second-order valence-electron chi connectivity index (χ2n) is 6.73. The summed E-state index contributed by atoms with van der Waals surface area (Å²) in [4.78, 5) is 17.1. The van der Waals surface area contributed by atoms with Gasteiger partial charge in [-0.2, -0.15) is 0 Å². The Bertz CT molecular complexity index is 770. The number of amides is 1. The largest absolute Gasteiger partial charge is 0.491 e. The summed E-state index contributed by atoms with van der Waals surface area (Å²) in [6, 6.07) is 13.6. The van der Waals surface area contributed by atoms with Crippen LogP contribution in [0.2, 0.25) is 5.02 Å². The molecule has 1 aliphatic rings. The van der Waals surface area contributed by atoms with E-state index in [-0.39, 0.29) is 5.91 Å². The van der Waals surface area contributed by atoms with Crippen molar-refractivity contribution in [2.45, 2.75) is 13.8 Å². The number of hydrogen-bond donors (Lipinski definition) is 0. The van der Waals surface area contributed by atoms with Crippen molar-refractivity contribution in [3.8, 4) is 5.75 Å². The van der Waals surface area contributed by atoms with Gasteiger partial charge in [-0.25, -0.2) is 0 Å². The molecule has 0 N–H and O–H groups in total. The lowest BCUT2D eigenvalue weighted by Gasteiger charge is -2.35. The van der Waals surface area contributed by atoms with Crippen molar-refractivity contribution in [1.29, 1.82) is 0 Å². The molecule has 1 amide bonds. The van der Waals surface area contributed by atoms with E-state index in [9.17, 15) is 4.79 Å². The Kier molecular flexibility index (Phi) is 6.17. The van der Waals surface area contributed by atoms with E-state index in [1.54, 1.807) is 0 Å². The zero-order valence-corrected chi connectivity index (χ0v) is 16.1. The Morgan fingerprint density at radius 3 is 2.54 bits per heavy atom. The molecule has 0 aromatic heterocycles. The molecule has 26 heavy (non-hydrogen) atoms. The first kappa shape index (κ1) is 18.7. The van der Waals surface area contributed by atoms with Crippen LogP contribution in [0.3, 0.4) is 0 Å². The first-order chi connectivity index (χ1) is 12.5. The van der Waals surface area contributed by atoms with Crippen molar-refractivity contribution in [2.75, 3.05) is 39.3 Å². The lowest BCUT2D eigenvalue weighted by atomic mass is 10.0. The number of benzene rings is 2. The number of piperazine rings is 1. The van der Waals surface area contributed by atoms with Crippen LogP contribution >= 0.6 is 11.6 Å². The number of aryl methyl sites for hydroxylation is 2. The van der Waals surface area contributed by atoms with Gasteiger partial charge >= 0.3 is 0 Å². The van der Waals surface area contributed by atoms with Crippen LogP contribution in [0.15, 0.2) is 42.5 Å². The van der Waals surface area contributed by atoms with Gasteiger partial charge in [0.05, 0.1) is 5.02 Å². The summed E-state index contributed by atoms with van der Waals surface area (Å²) in [7, 11) is 0. The monoisotopic (exact) mass is 372 g/mol. The van der Waals surface area contributed by atoms with Crippen molar-refractivity contribution in [2.24, 2.45) is 0 Å². The SMILES string of the molecule is Cc1ccc(C)c(C(=O)N2CCN(CCOc3ccccc3Cl)CC2)c1. The van der Waals surface area contributed by atoms with E-state index < -0.39 is 0 Å². The number of rotatable bonds is 5. The molecule has 0 spiro atoms. The molecule has 138 valence electrons. The average molecular weight is 373 g/mol. The van der Waals surface area contributed by atoms with E-state index in [4.69, 9.17) is 16.3 Å². The lowest BCUT2D eigenvalue weighted by molar-refractivity contribution is 0.0619. The van der Waals surface area contributed by atoms with Gasteiger partial charge in [-0.05, 0) is 37.6 Å². The van der Waals surface area contributed by atoms with Gasteiger partial charge < -0.3 is 9.64 Å². The zero-order valence-electron chi connectivity index (χ0n) is 15.4. The smallest absolute Gasteiger partial charge is 0.254 e. The van der Waals surface area contributed by atoms with Gasteiger partial charge in [0.2, 0.25) is 0 Å². The molecule has 0 unspecified atom stereocenters. The van der Waals surface area contributed by atoms with Crippen molar-refractivity contribution >= 4 is 17.5 Å². The fourth-order valence-electron chi connectivity index (χ4n) is 3.16. The molecule has 1 saturated heterocycles. The van der Waals surface area contributed by atoms with E-state index in [0.29, 0.717) is 11.6 Å². The summed E-state index contributed by atoms with van der Waals surface area (Å²) in [6.07, 6.45) is 0. The highest BCUT2D eigenvalue weighted by Gasteiger charge is 2.23. The maximum Gasteiger partial charge on any atom is 0.254 e. The van der Waals surface area contributed by atoms with Crippen LogP contribution in [-0.2, 0) is 0 Å². The van der Waals surface area contributed by atoms with Crippen LogP contribution in [0, 0.1) is 13.8 Å². The molecule has 2 aromatic rings. The number of ether oxygens (including phenoxy) is 1. The Labute approximate surface area is 160 Å². The first-order valence-electron chi connectivity index (χ1n) is 9.01. The molecule has 3 rings (SSSR count). The molecule has 1 heterocycles. The Balaban J connectivity index is 1.47. The fraction of sp³-hybridized carbons (Fsp3) is 0.381. The van der Waals surface area contributed by atoms with E-state index in [2.05, 4.69) is 4.90 Å². The third-order valence-electron chi connectivity index (χ3n) is 4.78. The molecule has 1 aliphatic heterocycles. The summed E-state index contributed by atoms with van der Waals surface area (Å²) in [5, 5.41) is 0.636. The van der Waals surface area contributed by atoms with Crippen LogP contribution < -0.4 is 4.74 Å².